The maximum Gasteiger partial charge on any atom is 0.272 e. The van der Waals surface area contributed by atoms with E-state index < -0.39 is 10.8 Å². The average molecular weight is 232 g/mol. The summed E-state index contributed by atoms with van der Waals surface area (Å²) in [5, 5.41) is 13.6. The van der Waals surface area contributed by atoms with Crippen LogP contribution in [0.3, 0.4) is 0 Å². The number of amides is 1. The van der Waals surface area contributed by atoms with Crippen LogP contribution in [-0.2, 0) is 4.79 Å². The van der Waals surface area contributed by atoms with E-state index in [2.05, 4.69) is 5.32 Å². The van der Waals surface area contributed by atoms with Crippen LogP contribution < -0.4 is 5.32 Å². The quantitative estimate of drug-likeness (QED) is 0.624. The van der Waals surface area contributed by atoms with E-state index in [0.29, 0.717) is 5.70 Å². The van der Waals surface area contributed by atoms with Gasteiger partial charge in [0.25, 0.3) is 5.70 Å². The topological polar surface area (TPSA) is 72.2 Å². The van der Waals surface area contributed by atoms with Crippen molar-refractivity contribution in [1.29, 1.82) is 0 Å². The van der Waals surface area contributed by atoms with Crippen molar-refractivity contribution in [3.8, 4) is 0 Å². The van der Waals surface area contributed by atoms with Gasteiger partial charge in [0.1, 0.15) is 0 Å². The number of nitrogens with zero attached hydrogens (tertiary/aromatic N) is 1. The SMILES string of the molecule is CC1=C([N+](=O)[O-])[C@@H](c2ccccc2)CC(=O)N1. The minimum absolute atomic E-state index is 0.0794. The first-order valence-corrected chi connectivity index (χ1v) is 5.29. The maximum atomic E-state index is 11.5. The number of nitrogens with one attached hydrogen (secondary N) is 1. The predicted molar refractivity (Wildman–Crippen MR) is 61.6 cm³/mol. The lowest BCUT2D eigenvalue weighted by atomic mass is 9.89. The lowest BCUT2D eigenvalue weighted by molar-refractivity contribution is -0.432. The number of hydrogen-bond donors (Lipinski definition) is 1. The van der Waals surface area contributed by atoms with Gasteiger partial charge in [0.05, 0.1) is 16.5 Å². The second-order valence-electron chi connectivity index (χ2n) is 3.98. The number of benzene rings is 1. The van der Waals surface area contributed by atoms with Gasteiger partial charge in [-0.05, 0) is 12.5 Å². The molecule has 1 aliphatic heterocycles. The summed E-state index contributed by atoms with van der Waals surface area (Å²) >= 11 is 0. The Morgan fingerprint density at radius 2 is 2.00 bits per heavy atom. The van der Waals surface area contributed by atoms with E-state index >= 15 is 0 Å². The molecule has 17 heavy (non-hydrogen) atoms. The third kappa shape index (κ3) is 2.18. The Bertz CT molecular complexity index is 494. The summed E-state index contributed by atoms with van der Waals surface area (Å²) in [7, 11) is 0. The number of allylic oxidation sites excluding steroid dienone is 2. The van der Waals surface area contributed by atoms with Gasteiger partial charge >= 0.3 is 0 Å². The number of nitro groups is 1. The number of carbonyl (C=O) groups is 1. The normalized spacial score (nSPS) is 20.1. The largest absolute Gasteiger partial charge is 0.324 e. The van der Waals surface area contributed by atoms with E-state index in [1.807, 2.05) is 18.2 Å². The first-order chi connectivity index (χ1) is 8.09. The highest BCUT2D eigenvalue weighted by Gasteiger charge is 2.35. The zero-order valence-corrected chi connectivity index (χ0v) is 9.34. The number of carbonyl (C=O) groups excluding carboxylic acids is 1. The summed E-state index contributed by atoms with van der Waals surface area (Å²) in [6.07, 6.45) is 0.123. The van der Waals surface area contributed by atoms with Crippen LogP contribution in [0.2, 0.25) is 0 Å². The summed E-state index contributed by atoms with van der Waals surface area (Å²) in [5.41, 5.74) is 1.21. The number of hydrogen-bond acceptors (Lipinski definition) is 3. The van der Waals surface area contributed by atoms with Gasteiger partial charge in [0.15, 0.2) is 0 Å². The molecule has 0 aliphatic carbocycles. The summed E-state index contributed by atoms with van der Waals surface area (Å²) in [4.78, 5) is 22.1. The van der Waals surface area contributed by atoms with Gasteiger partial charge in [0, 0.05) is 6.42 Å². The molecular weight excluding hydrogens is 220 g/mol. The monoisotopic (exact) mass is 232 g/mol. The molecule has 1 atom stereocenters. The minimum Gasteiger partial charge on any atom is -0.324 e. The van der Waals surface area contributed by atoms with E-state index in [0.717, 1.165) is 5.56 Å². The Labute approximate surface area is 98.3 Å². The first-order valence-electron chi connectivity index (χ1n) is 5.29. The molecule has 1 aromatic rings. The lowest BCUT2D eigenvalue weighted by Gasteiger charge is -2.21. The van der Waals surface area contributed by atoms with Crippen molar-refractivity contribution in [2.75, 3.05) is 0 Å². The molecule has 1 heterocycles. The van der Waals surface area contributed by atoms with Crippen LogP contribution in [0.25, 0.3) is 0 Å². The van der Waals surface area contributed by atoms with Crippen LogP contribution in [0.15, 0.2) is 41.7 Å². The van der Waals surface area contributed by atoms with Crippen molar-refractivity contribution >= 4 is 5.91 Å². The van der Waals surface area contributed by atoms with Crippen LogP contribution >= 0.6 is 0 Å². The second-order valence-corrected chi connectivity index (χ2v) is 3.98. The summed E-state index contributed by atoms with van der Waals surface area (Å²) in [6.45, 7) is 1.56. The molecular formula is C12H12N2O3. The fourth-order valence-corrected chi connectivity index (χ4v) is 2.09. The van der Waals surface area contributed by atoms with Gasteiger partial charge in [-0.25, -0.2) is 0 Å². The van der Waals surface area contributed by atoms with Crippen LogP contribution in [-0.4, -0.2) is 10.8 Å². The van der Waals surface area contributed by atoms with Gasteiger partial charge in [0.2, 0.25) is 5.91 Å². The molecule has 1 aliphatic rings. The second kappa shape index (κ2) is 4.37. The molecule has 0 radical (unpaired) electrons. The molecule has 0 fully saturated rings. The Morgan fingerprint density at radius 1 is 1.35 bits per heavy atom. The van der Waals surface area contributed by atoms with Crippen molar-refractivity contribution in [3.63, 3.8) is 0 Å². The van der Waals surface area contributed by atoms with E-state index in [1.165, 1.54) is 0 Å². The summed E-state index contributed by atoms with van der Waals surface area (Å²) in [6, 6.07) is 9.08. The van der Waals surface area contributed by atoms with Crippen LogP contribution in [0.1, 0.15) is 24.8 Å². The maximum absolute atomic E-state index is 11.5. The number of rotatable bonds is 2. The van der Waals surface area contributed by atoms with Gasteiger partial charge in [-0.3, -0.25) is 14.9 Å². The van der Waals surface area contributed by atoms with Crippen LogP contribution in [0, 0.1) is 10.1 Å². The Kier molecular flexibility index (Phi) is 2.91. The molecule has 88 valence electrons. The fourth-order valence-electron chi connectivity index (χ4n) is 2.09. The Hall–Kier alpha value is -2.17. The van der Waals surface area contributed by atoms with E-state index in [9.17, 15) is 14.9 Å². The standard InChI is InChI=1S/C12H12N2O3/c1-8-12(14(16)17)10(7-11(15)13-8)9-5-3-2-4-6-9/h2-6,10H,7H2,1H3,(H,13,15)/t10-/m1/s1. The van der Waals surface area contributed by atoms with E-state index in [-0.39, 0.29) is 18.0 Å². The van der Waals surface area contributed by atoms with Gasteiger partial charge in [-0.1, -0.05) is 30.3 Å². The Balaban J connectivity index is 2.47. The van der Waals surface area contributed by atoms with Gasteiger partial charge in [-0.2, -0.15) is 0 Å². The molecule has 0 unspecified atom stereocenters. The molecule has 0 bridgehead atoms. The zero-order valence-electron chi connectivity index (χ0n) is 9.34. The van der Waals surface area contributed by atoms with Crippen molar-refractivity contribution in [2.45, 2.75) is 19.3 Å². The first kappa shape index (κ1) is 11.3. The molecule has 0 aromatic heterocycles. The third-order valence-corrected chi connectivity index (χ3v) is 2.83. The van der Waals surface area contributed by atoms with E-state index in [1.54, 1.807) is 19.1 Å². The van der Waals surface area contributed by atoms with Crippen molar-refractivity contribution in [3.05, 3.63) is 57.4 Å². The minimum atomic E-state index is -0.458. The molecule has 0 spiro atoms. The molecule has 1 N–H and O–H groups in total. The van der Waals surface area contributed by atoms with Crippen LogP contribution in [0.4, 0.5) is 0 Å². The lowest BCUT2D eigenvalue weighted by Crippen LogP contribution is -2.33. The van der Waals surface area contributed by atoms with Crippen molar-refractivity contribution in [1.82, 2.24) is 5.32 Å². The fraction of sp³-hybridized carbons (Fsp3) is 0.250. The Morgan fingerprint density at radius 3 is 2.59 bits per heavy atom. The van der Waals surface area contributed by atoms with E-state index in [4.69, 9.17) is 0 Å². The predicted octanol–water partition coefficient (Wildman–Crippen LogP) is 1.80. The third-order valence-electron chi connectivity index (χ3n) is 2.83. The molecule has 1 amide bonds. The zero-order chi connectivity index (χ0) is 12.4. The summed E-state index contributed by atoms with van der Waals surface area (Å²) in [5.74, 6) is -0.637. The van der Waals surface area contributed by atoms with Gasteiger partial charge < -0.3 is 5.32 Å². The molecule has 1 aromatic carbocycles. The van der Waals surface area contributed by atoms with Gasteiger partial charge in [-0.15, -0.1) is 0 Å². The molecule has 0 saturated carbocycles. The van der Waals surface area contributed by atoms with Crippen molar-refractivity contribution in [2.24, 2.45) is 0 Å². The molecule has 2 rings (SSSR count). The summed E-state index contributed by atoms with van der Waals surface area (Å²) < 4.78 is 0. The highest BCUT2D eigenvalue weighted by Crippen LogP contribution is 2.32. The molecule has 5 heteroatoms. The molecule has 5 nitrogen and oxygen atoms in total. The highest BCUT2D eigenvalue weighted by atomic mass is 16.6. The highest BCUT2D eigenvalue weighted by molar-refractivity contribution is 5.80. The van der Waals surface area contributed by atoms with Crippen LogP contribution in [0.5, 0.6) is 0 Å². The smallest absolute Gasteiger partial charge is 0.272 e. The average Bonchev–Trinajstić information content (AvgIpc) is 2.28. The van der Waals surface area contributed by atoms with Crippen molar-refractivity contribution < 1.29 is 9.72 Å². The molecule has 0 saturated heterocycles.